The molecule has 14 heavy (non-hydrogen) atoms. The average molecular weight is 208 g/mol. The lowest BCUT2D eigenvalue weighted by atomic mass is 10.3. The third kappa shape index (κ3) is 2.21. The van der Waals surface area contributed by atoms with Crippen molar-refractivity contribution < 1.29 is 4.42 Å². The van der Waals surface area contributed by atoms with Crippen molar-refractivity contribution in [1.82, 2.24) is 10.3 Å². The zero-order valence-corrected chi connectivity index (χ0v) is 8.75. The lowest BCUT2D eigenvalue weighted by Gasteiger charge is -2.09. The first-order valence-corrected chi connectivity index (χ1v) is 5.38. The molecule has 0 amide bonds. The molecule has 0 unspecified atom stereocenters. The second-order valence-electron chi connectivity index (χ2n) is 3.09. The Bertz CT molecular complexity index is 355. The Labute approximate surface area is 86.8 Å². The molecule has 0 fully saturated rings. The number of thiophene rings is 1. The highest BCUT2D eigenvalue weighted by atomic mass is 32.1. The van der Waals surface area contributed by atoms with Gasteiger partial charge in [0.2, 0.25) is 0 Å². The summed E-state index contributed by atoms with van der Waals surface area (Å²) in [5.41, 5.74) is 0. The Morgan fingerprint density at radius 3 is 3.21 bits per heavy atom. The fraction of sp³-hybridized carbons (Fsp3) is 0.300. The number of nitrogens with one attached hydrogen (secondary N) is 1. The average Bonchev–Trinajstić information content (AvgIpc) is 2.87. The molecule has 0 bridgehead atoms. The summed E-state index contributed by atoms with van der Waals surface area (Å²) in [5, 5.41) is 5.45. The molecule has 0 radical (unpaired) electrons. The Balaban J connectivity index is 1.87. The van der Waals surface area contributed by atoms with Crippen LogP contribution in [0.25, 0.3) is 0 Å². The number of aromatic nitrogens is 1. The molecule has 2 aromatic heterocycles. The molecule has 0 aliphatic carbocycles. The van der Waals surface area contributed by atoms with Crippen LogP contribution in [-0.2, 0) is 6.54 Å². The van der Waals surface area contributed by atoms with Crippen molar-refractivity contribution in [2.45, 2.75) is 19.5 Å². The highest BCUT2D eigenvalue weighted by Gasteiger charge is 2.06. The van der Waals surface area contributed by atoms with E-state index < -0.39 is 0 Å². The standard InChI is InChI=1S/C10H12N2OS/c1-8(10-3-2-4-14-10)12-6-9-5-11-7-13-9/h2-5,7-8,12H,6H2,1H3/t8-/m1/s1. The molecule has 2 heterocycles. The SMILES string of the molecule is C[C@@H](NCc1cnco1)c1cccs1. The van der Waals surface area contributed by atoms with Gasteiger partial charge in [-0.2, -0.15) is 0 Å². The maximum Gasteiger partial charge on any atom is 0.180 e. The van der Waals surface area contributed by atoms with E-state index in [1.165, 1.54) is 11.3 Å². The maximum absolute atomic E-state index is 5.13. The van der Waals surface area contributed by atoms with Crippen molar-refractivity contribution in [2.24, 2.45) is 0 Å². The summed E-state index contributed by atoms with van der Waals surface area (Å²) in [7, 11) is 0. The first-order valence-electron chi connectivity index (χ1n) is 4.50. The van der Waals surface area contributed by atoms with E-state index >= 15 is 0 Å². The van der Waals surface area contributed by atoms with Crippen molar-refractivity contribution in [3.8, 4) is 0 Å². The van der Waals surface area contributed by atoms with Crippen LogP contribution in [0.5, 0.6) is 0 Å². The molecule has 0 aliphatic rings. The summed E-state index contributed by atoms with van der Waals surface area (Å²) >= 11 is 1.76. The van der Waals surface area contributed by atoms with E-state index in [1.54, 1.807) is 17.5 Å². The lowest BCUT2D eigenvalue weighted by molar-refractivity contribution is 0.459. The summed E-state index contributed by atoms with van der Waals surface area (Å²) in [6.45, 7) is 2.86. The van der Waals surface area contributed by atoms with Crippen molar-refractivity contribution in [2.75, 3.05) is 0 Å². The largest absolute Gasteiger partial charge is 0.447 e. The van der Waals surface area contributed by atoms with Gasteiger partial charge in [0.1, 0.15) is 5.76 Å². The third-order valence-corrected chi connectivity index (χ3v) is 3.09. The molecular weight excluding hydrogens is 196 g/mol. The number of hydrogen-bond donors (Lipinski definition) is 1. The number of nitrogens with zero attached hydrogens (tertiary/aromatic N) is 1. The lowest BCUT2D eigenvalue weighted by Crippen LogP contribution is -2.16. The Kier molecular flexibility index (Phi) is 2.96. The van der Waals surface area contributed by atoms with Crippen LogP contribution in [0.3, 0.4) is 0 Å². The first kappa shape index (κ1) is 9.43. The summed E-state index contributed by atoms with van der Waals surface area (Å²) in [4.78, 5) is 5.20. The van der Waals surface area contributed by atoms with Crippen LogP contribution in [-0.4, -0.2) is 4.98 Å². The van der Waals surface area contributed by atoms with Gasteiger partial charge in [-0.3, -0.25) is 0 Å². The van der Waals surface area contributed by atoms with E-state index in [4.69, 9.17) is 4.42 Å². The highest BCUT2D eigenvalue weighted by molar-refractivity contribution is 7.10. The monoisotopic (exact) mass is 208 g/mol. The van der Waals surface area contributed by atoms with Gasteiger partial charge in [-0.15, -0.1) is 11.3 Å². The number of hydrogen-bond acceptors (Lipinski definition) is 4. The molecule has 3 nitrogen and oxygen atoms in total. The molecule has 0 spiro atoms. The predicted molar refractivity (Wildman–Crippen MR) is 56.1 cm³/mol. The quantitative estimate of drug-likeness (QED) is 0.839. The Morgan fingerprint density at radius 1 is 1.64 bits per heavy atom. The van der Waals surface area contributed by atoms with E-state index in [9.17, 15) is 0 Å². The minimum Gasteiger partial charge on any atom is -0.447 e. The third-order valence-electron chi connectivity index (χ3n) is 2.04. The van der Waals surface area contributed by atoms with E-state index in [0.29, 0.717) is 6.04 Å². The van der Waals surface area contributed by atoms with Crippen LogP contribution < -0.4 is 5.32 Å². The normalized spacial score (nSPS) is 12.9. The molecular formula is C10H12N2OS. The van der Waals surface area contributed by atoms with Gasteiger partial charge in [0, 0.05) is 10.9 Å². The van der Waals surface area contributed by atoms with Gasteiger partial charge in [0.05, 0.1) is 12.7 Å². The van der Waals surface area contributed by atoms with Gasteiger partial charge in [0.15, 0.2) is 6.39 Å². The Hall–Kier alpha value is -1.13. The van der Waals surface area contributed by atoms with Gasteiger partial charge >= 0.3 is 0 Å². The smallest absolute Gasteiger partial charge is 0.180 e. The van der Waals surface area contributed by atoms with Crippen LogP contribution >= 0.6 is 11.3 Å². The van der Waals surface area contributed by atoms with Crippen LogP contribution in [0, 0.1) is 0 Å². The summed E-state index contributed by atoms with van der Waals surface area (Å²) in [5.74, 6) is 0.869. The Morgan fingerprint density at radius 2 is 2.57 bits per heavy atom. The van der Waals surface area contributed by atoms with Crippen molar-refractivity contribution in [3.05, 3.63) is 40.7 Å². The zero-order chi connectivity index (χ0) is 9.80. The second-order valence-corrected chi connectivity index (χ2v) is 4.07. The molecule has 1 N–H and O–H groups in total. The van der Waals surface area contributed by atoms with Gasteiger partial charge in [0.25, 0.3) is 0 Å². The summed E-state index contributed by atoms with van der Waals surface area (Å²) in [6, 6.07) is 4.55. The number of rotatable bonds is 4. The van der Waals surface area contributed by atoms with E-state index in [1.807, 2.05) is 0 Å². The topological polar surface area (TPSA) is 38.1 Å². The second kappa shape index (κ2) is 4.39. The molecule has 0 saturated heterocycles. The van der Waals surface area contributed by atoms with E-state index in [-0.39, 0.29) is 0 Å². The van der Waals surface area contributed by atoms with Crippen molar-refractivity contribution >= 4 is 11.3 Å². The molecule has 2 rings (SSSR count). The first-order chi connectivity index (χ1) is 6.86. The maximum atomic E-state index is 5.13. The van der Waals surface area contributed by atoms with Crippen LogP contribution in [0.15, 0.2) is 34.5 Å². The van der Waals surface area contributed by atoms with Gasteiger partial charge in [-0.1, -0.05) is 6.07 Å². The van der Waals surface area contributed by atoms with E-state index in [0.717, 1.165) is 12.3 Å². The predicted octanol–water partition coefficient (Wildman–Crippen LogP) is 2.59. The molecule has 1 atom stereocenters. The van der Waals surface area contributed by atoms with Crippen molar-refractivity contribution in [3.63, 3.8) is 0 Å². The molecule has 0 aromatic carbocycles. The summed E-state index contributed by atoms with van der Waals surface area (Å²) < 4.78 is 5.13. The fourth-order valence-electron chi connectivity index (χ4n) is 1.22. The molecule has 74 valence electrons. The van der Waals surface area contributed by atoms with Crippen molar-refractivity contribution in [1.29, 1.82) is 0 Å². The van der Waals surface area contributed by atoms with Gasteiger partial charge in [-0.25, -0.2) is 4.98 Å². The van der Waals surface area contributed by atoms with Crippen LogP contribution in [0.2, 0.25) is 0 Å². The summed E-state index contributed by atoms with van der Waals surface area (Å²) in [6.07, 6.45) is 3.18. The molecule has 0 aliphatic heterocycles. The van der Waals surface area contributed by atoms with Gasteiger partial charge in [-0.05, 0) is 18.4 Å². The van der Waals surface area contributed by atoms with Crippen LogP contribution in [0.4, 0.5) is 0 Å². The van der Waals surface area contributed by atoms with E-state index in [2.05, 4.69) is 34.7 Å². The van der Waals surface area contributed by atoms with Crippen LogP contribution in [0.1, 0.15) is 23.6 Å². The molecule has 2 aromatic rings. The highest BCUT2D eigenvalue weighted by Crippen LogP contribution is 2.18. The van der Waals surface area contributed by atoms with Gasteiger partial charge < -0.3 is 9.73 Å². The molecule has 0 saturated carbocycles. The minimum absolute atomic E-state index is 0.361. The minimum atomic E-state index is 0.361. The number of oxazole rings is 1. The zero-order valence-electron chi connectivity index (χ0n) is 7.93. The molecule has 4 heteroatoms. The fourth-order valence-corrected chi connectivity index (χ4v) is 1.98.